The number of hydrogen-bond donors (Lipinski definition) is 1. The fourth-order valence-electron chi connectivity index (χ4n) is 3.50. The van der Waals surface area contributed by atoms with E-state index < -0.39 is 0 Å². The smallest absolute Gasteiger partial charge is 0.227 e. The Morgan fingerprint density at radius 2 is 1.89 bits per heavy atom. The molecule has 1 fully saturated rings. The normalized spacial score (nSPS) is 21.5. The van der Waals surface area contributed by atoms with Crippen molar-refractivity contribution in [3.63, 3.8) is 0 Å². The van der Waals surface area contributed by atoms with Crippen LogP contribution in [0.1, 0.15) is 37.7 Å². The highest BCUT2D eigenvalue weighted by Gasteiger charge is 2.37. The number of carbonyl (C=O) groups is 1. The molecule has 1 saturated carbocycles. The van der Waals surface area contributed by atoms with Crippen LogP contribution < -0.4 is 4.90 Å². The Bertz CT molecular complexity index is 479. The van der Waals surface area contributed by atoms with Crippen molar-refractivity contribution in [2.24, 2.45) is 5.41 Å². The predicted octanol–water partition coefficient (Wildman–Crippen LogP) is 3.46. The van der Waals surface area contributed by atoms with Crippen molar-refractivity contribution < 1.29 is 4.79 Å². The minimum absolute atomic E-state index is 0.239. The van der Waals surface area contributed by atoms with Crippen LogP contribution in [0.3, 0.4) is 0 Å². The lowest BCUT2D eigenvalue weighted by Gasteiger charge is -2.37. The van der Waals surface area contributed by atoms with Crippen molar-refractivity contribution in [3.8, 4) is 0 Å². The third-order valence-corrected chi connectivity index (χ3v) is 5.36. The van der Waals surface area contributed by atoms with E-state index in [1.807, 2.05) is 11.0 Å². The van der Waals surface area contributed by atoms with E-state index in [4.69, 9.17) is 0 Å². The van der Waals surface area contributed by atoms with Crippen molar-refractivity contribution in [1.29, 1.82) is 0 Å². The highest BCUT2D eigenvalue weighted by molar-refractivity contribution is 7.80. The Morgan fingerprint density at radius 3 is 2.63 bits per heavy atom. The van der Waals surface area contributed by atoms with Crippen LogP contribution in [0.4, 0.5) is 5.69 Å². The van der Waals surface area contributed by atoms with Gasteiger partial charge in [-0.25, -0.2) is 0 Å². The van der Waals surface area contributed by atoms with Gasteiger partial charge in [0.2, 0.25) is 5.91 Å². The Morgan fingerprint density at radius 1 is 1.16 bits per heavy atom. The highest BCUT2D eigenvalue weighted by atomic mass is 32.1. The zero-order chi connectivity index (χ0) is 13.3. The zero-order valence-corrected chi connectivity index (χ0v) is 12.2. The molecule has 2 nitrogen and oxygen atoms in total. The minimum Gasteiger partial charge on any atom is -0.312 e. The second-order valence-corrected chi connectivity index (χ2v) is 6.29. The second kappa shape index (κ2) is 5.20. The number of anilines is 1. The third kappa shape index (κ3) is 2.40. The summed E-state index contributed by atoms with van der Waals surface area (Å²) < 4.78 is 0. The number of nitrogens with zero attached hydrogens (tertiary/aromatic N) is 1. The molecule has 3 rings (SSSR count). The highest BCUT2D eigenvalue weighted by Crippen LogP contribution is 2.41. The van der Waals surface area contributed by atoms with Crippen molar-refractivity contribution >= 4 is 24.2 Å². The summed E-state index contributed by atoms with van der Waals surface area (Å²) in [4.78, 5) is 14.3. The molecule has 2 aliphatic rings. The molecule has 0 atom stereocenters. The van der Waals surface area contributed by atoms with Gasteiger partial charge in [0.1, 0.15) is 0 Å². The van der Waals surface area contributed by atoms with Gasteiger partial charge in [-0.1, -0.05) is 31.0 Å². The maximum Gasteiger partial charge on any atom is 0.227 e. The van der Waals surface area contributed by atoms with Crippen molar-refractivity contribution in [2.75, 3.05) is 17.2 Å². The molecular formula is C16H21NOS. The summed E-state index contributed by atoms with van der Waals surface area (Å²) in [7, 11) is 0. The molecule has 0 spiro atoms. The Labute approximate surface area is 120 Å². The van der Waals surface area contributed by atoms with Gasteiger partial charge in [0, 0.05) is 18.7 Å². The first kappa shape index (κ1) is 13.0. The molecule has 0 radical (unpaired) electrons. The average molecular weight is 275 g/mol. The molecule has 0 unspecified atom stereocenters. The number of para-hydroxylation sites is 1. The largest absolute Gasteiger partial charge is 0.312 e. The van der Waals surface area contributed by atoms with Crippen molar-refractivity contribution in [2.45, 2.75) is 38.5 Å². The van der Waals surface area contributed by atoms with Crippen LogP contribution in [-0.2, 0) is 11.2 Å². The van der Waals surface area contributed by atoms with Crippen LogP contribution in [0, 0.1) is 5.41 Å². The van der Waals surface area contributed by atoms with Gasteiger partial charge in [-0.2, -0.15) is 12.6 Å². The van der Waals surface area contributed by atoms with E-state index in [1.54, 1.807) is 0 Å². The molecule has 1 aromatic carbocycles. The first-order valence-corrected chi connectivity index (χ1v) is 7.86. The number of benzene rings is 1. The van der Waals surface area contributed by atoms with Crippen LogP contribution in [0.2, 0.25) is 0 Å². The van der Waals surface area contributed by atoms with Crippen LogP contribution in [0.5, 0.6) is 0 Å². The van der Waals surface area contributed by atoms with Gasteiger partial charge in [-0.15, -0.1) is 0 Å². The van der Waals surface area contributed by atoms with E-state index in [2.05, 4.69) is 30.8 Å². The summed E-state index contributed by atoms with van der Waals surface area (Å²) in [5, 5.41) is 0. The summed E-state index contributed by atoms with van der Waals surface area (Å²) in [6.45, 7) is 0.854. The van der Waals surface area contributed by atoms with E-state index in [1.165, 1.54) is 31.2 Å². The molecule has 1 amide bonds. The third-order valence-electron chi connectivity index (χ3n) is 4.68. The first-order chi connectivity index (χ1) is 9.24. The summed E-state index contributed by atoms with van der Waals surface area (Å²) >= 11 is 4.56. The lowest BCUT2D eigenvalue weighted by Crippen LogP contribution is -2.43. The quantitative estimate of drug-likeness (QED) is 0.838. The van der Waals surface area contributed by atoms with Gasteiger partial charge >= 0.3 is 0 Å². The fraction of sp³-hybridized carbons (Fsp3) is 0.562. The molecule has 19 heavy (non-hydrogen) atoms. The first-order valence-electron chi connectivity index (χ1n) is 7.23. The number of carbonyl (C=O) groups excluding carboxylic acids is 1. The predicted molar refractivity (Wildman–Crippen MR) is 81.9 cm³/mol. The molecule has 1 aliphatic carbocycles. The standard InChI is InChI=1S/C16H21NOS/c18-15-8-7-13-5-1-2-6-14(13)17(15)11-16(12-19)9-3-4-10-16/h1-2,5-6,19H,3-4,7-12H2. The average Bonchev–Trinajstić information content (AvgIpc) is 2.91. The van der Waals surface area contributed by atoms with Crippen LogP contribution in [-0.4, -0.2) is 18.2 Å². The van der Waals surface area contributed by atoms with Crippen molar-refractivity contribution in [1.82, 2.24) is 0 Å². The number of hydrogen-bond acceptors (Lipinski definition) is 2. The number of aryl methyl sites for hydroxylation is 1. The fourth-order valence-corrected chi connectivity index (χ4v) is 3.91. The molecule has 3 heteroatoms. The molecule has 0 saturated heterocycles. The molecule has 102 valence electrons. The maximum atomic E-state index is 12.3. The lowest BCUT2D eigenvalue weighted by molar-refractivity contribution is -0.119. The van der Waals surface area contributed by atoms with Crippen LogP contribution in [0.15, 0.2) is 24.3 Å². The van der Waals surface area contributed by atoms with Crippen LogP contribution >= 0.6 is 12.6 Å². The molecule has 1 heterocycles. The van der Waals surface area contributed by atoms with E-state index in [0.29, 0.717) is 6.42 Å². The Kier molecular flexibility index (Phi) is 3.57. The number of amides is 1. The Balaban J connectivity index is 1.89. The van der Waals surface area contributed by atoms with Gasteiger partial charge in [-0.05, 0) is 42.1 Å². The van der Waals surface area contributed by atoms with Crippen LogP contribution in [0.25, 0.3) is 0 Å². The van der Waals surface area contributed by atoms with E-state index >= 15 is 0 Å². The van der Waals surface area contributed by atoms with Crippen molar-refractivity contribution in [3.05, 3.63) is 29.8 Å². The SMILES string of the molecule is O=C1CCc2ccccc2N1CC1(CS)CCCC1. The molecule has 0 N–H and O–H groups in total. The topological polar surface area (TPSA) is 20.3 Å². The monoisotopic (exact) mass is 275 g/mol. The summed E-state index contributed by atoms with van der Waals surface area (Å²) in [5.41, 5.74) is 2.68. The zero-order valence-electron chi connectivity index (χ0n) is 11.3. The van der Waals surface area contributed by atoms with E-state index in [0.717, 1.165) is 24.4 Å². The molecule has 1 aliphatic heterocycles. The summed E-state index contributed by atoms with van der Waals surface area (Å²) in [5.74, 6) is 1.17. The summed E-state index contributed by atoms with van der Waals surface area (Å²) in [6.07, 6.45) is 6.53. The minimum atomic E-state index is 0.239. The molecule has 0 aromatic heterocycles. The van der Waals surface area contributed by atoms with Gasteiger partial charge < -0.3 is 4.90 Å². The maximum absolute atomic E-state index is 12.3. The molecule has 0 bridgehead atoms. The second-order valence-electron chi connectivity index (χ2n) is 5.97. The van der Waals surface area contributed by atoms with Gasteiger partial charge in [0.05, 0.1) is 0 Å². The van der Waals surface area contributed by atoms with Gasteiger partial charge in [0.25, 0.3) is 0 Å². The Hall–Kier alpha value is -0.960. The number of thiol groups is 1. The van der Waals surface area contributed by atoms with Gasteiger partial charge in [0.15, 0.2) is 0 Å². The lowest BCUT2D eigenvalue weighted by atomic mass is 9.86. The number of fused-ring (bicyclic) bond motifs is 1. The van der Waals surface area contributed by atoms with E-state index in [-0.39, 0.29) is 11.3 Å². The van der Waals surface area contributed by atoms with Gasteiger partial charge in [-0.3, -0.25) is 4.79 Å². The molecular weight excluding hydrogens is 254 g/mol. The molecule has 1 aromatic rings. The number of rotatable bonds is 3. The summed E-state index contributed by atoms with van der Waals surface area (Å²) in [6, 6.07) is 8.34. The van der Waals surface area contributed by atoms with E-state index in [9.17, 15) is 4.79 Å².